The molecule has 0 bridgehead atoms. The van der Waals surface area contributed by atoms with E-state index in [-0.39, 0.29) is 5.97 Å². The molecule has 1 aliphatic carbocycles. The Hall–Kier alpha value is -2.11. The van der Waals surface area contributed by atoms with Crippen molar-refractivity contribution in [2.45, 2.75) is 32.1 Å². The third kappa shape index (κ3) is 4.01. The quantitative estimate of drug-likeness (QED) is 0.434. The van der Waals surface area contributed by atoms with E-state index >= 15 is 0 Å². The predicted octanol–water partition coefficient (Wildman–Crippen LogP) is 6.70. The van der Waals surface area contributed by atoms with Crippen molar-refractivity contribution in [3.05, 3.63) is 80.6 Å². The predicted molar refractivity (Wildman–Crippen MR) is 119 cm³/mol. The van der Waals surface area contributed by atoms with Gasteiger partial charge in [-0.25, -0.2) is 4.79 Å². The van der Waals surface area contributed by atoms with Crippen molar-refractivity contribution in [2.24, 2.45) is 0 Å². The van der Waals surface area contributed by atoms with Crippen LogP contribution in [-0.4, -0.2) is 12.6 Å². The smallest absolute Gasteiger partial charge is 0.341 e. The van der Waals surface area contributed by atoms with Crippen molar-refractivity contribution in [3.8, 4) is 0 Å². The van der Waals surface area contributed by atoms with Crippen LogP contribution in [0.5, 0.6) is 0 Å². The van der Waals surface area contributed by atoms with E-state index in [2.05, 4.69) is 50.9 Å². The van der Waals surface area contributed by atoms with Crippen LogP contribution in [0, 0.1) is 0 Å². The highest BCUT2D eigenvalue weighted by Crippen LogP contribution is 2.41. The molecule has 4 rings (SSSR count). The normalized spacial score (nSPS) is 15.7. The van der Waals surface area contributed by atoms with Gasteiger partial charge in [0.15, 0.2) is 0 Å². The number of esters is 1. The van der Waals surface area contributed by atoms with Gasteiger partial charge in [0.05, 0.1) is 12.2 Å². The summed E-state index contributed by atoms with van der Waals surface area (Å²) in [5, 5.41) is 6.40. The van der Waals surface area contributed by atoms with Crippen LogP contribution in [0.25, 0.3) is 0 Å². The number of carbonyl (C=O) groups is 1. The van der Waals surface area contributed by atoms with Gasteiger partial charge in [-0.05, 0) is 78.4 Å². The minimum atomic E-state index is -0.239. The summed E-state index contributed by atoms with van der Waals surface area (Å²) >= 11 is 5.04. The van der Waals surface area contributed by atoms with E-state index in [0.717, 1.165) is 40.0 Å². The van der Waals surface area contributed by atoms with Crippen molar-refractivity contribution >= 4 is 43.9 Å². The van der Waals surface area contributed by atoms with E-state index in [4.69, 9.17) is 4.74 Å². The van der Waals surface area contributed by atoms with E-state index in [9.17, 15) is 4.79 Å². The van der Waals surface area contributed by atoms with Gasteiger partial charge in [-0.3, -0.25) is 0 Å². The molecule has 5 heteroatoms. The maximum absolute atomic E-state index is 12.8. The Labute approximate surface area is 177 Å². The molecular weight excluding hydrogens is 434 g/mol. The van der Waals surface area contributed by atoms with Crippen LogP contribution in [-0.2, 0) is 17.6 Å². The molecule has 1 aliphatic rings. The van der Waals surface area contributed by atoms with Gasteiger partial charge in [0.25, 0.3) is 0 Å². The highest BCUT2D eigenvalue weighted by molar-refractivity contribution is 9.10. The number of benzene rings is 2. The summed E-state index contributed by atoms with van der Waals surface area (Å²) in [6.07, 6.45) is 3.07. The summed E-state index contributed by atoms with van der Waals surface area (Å²) < 4.78 is 6.43. The molecule has 3 nitrogen and oxygen atoms in total. The number of aryl methyl sites for hydroxylation is 1. The molecule has 0 spiro atoms. The van der Waals surface area contributed by atoms with Crippen LogP contribution in [0.3, 0.4) is 0 Å². The molecule has 2 aromatic carbocycles. The Morgan fingerprint density at radius 2 is 1.93 bits per heavy atom. The second kappa shape index (κ2) is 8.50. The van der Waals surface area contributed by atoms with Crippen LogP contribution >= 0.6 is 27.3 Å². The van der Waals surface area contributed by atoms with E-state index in [1.807, 2.05) is 31.2 Å². The van der Waals surface area contributed by atoms with E-state index < -0.39 is 0 Å². The second-order valence-corrected chi connectivity index (χ2v) is 8.75. The Balaban J connectivity index is 1.66. The van der Waals surface area contributed by atoms with Crippen molar-refractivity contribution in [1.82, 2.24) is 0 Å². The number of hydrogen-bond acceptors (Lipinski definition) is 4. The molecule has 0 amide bonds. The first kappa shape index (κ1) is 19.2. The Morgan fingerprint density at radius 1 is 1.18 bits per heavy atom. The molecule has 28 heavy (non-hydrogen) atoms. The van der Waals surface area contributed by atoms with Crippen molar-refractivity contribution in [1.29, 1.82) is 0 Å². The molecule has 1 heterocycles. The minimum absolute atomic E-state index is 0.239. The minimum Gasteiger partial charge on any atom is -0.462 e. The first-order chi connectivity index (χ1) is 13.7. The number of halogens is 1. The number of fused-ring (bicyclic) bond motifs is 1. The number of thiophene rings is 1. The third-order valence-electron chi connectivity index (χ3n) is 5.19. The summed E-state index contributed by atoms with van der Waals surface area (Å²) in [5.74, 6) is 0.100. The van der Waals surface area contributed by atoms with Gasteiger partial charge in [-0.15, -0.1) is 11.3 Å². The average Bonchev–Trinajstić information content (AvgIpc) is 3.13. The first-order valence-electron chi connectivity index (χ1n) is 9.53. The summed E-state index contributed by atoms with van der Waals surface area (Å²) in [6.45, 7) is 2.22. The van der Waals surface area contributed by atoms with Gasteiger partial charge in [0.2, 0.25) is 0 Å². The van der Waals surface area contributed by atoms with Gasteiger partial charge >= 0.3 is 5.97 Å². The number of carbonyl (C=O) groups excluding carboxylic acids is 1. The fraction of sp³-hybridized carbons (Fsp3) is 0.261. The molecule has 1 N–H and O–H groups in total. The summed E-state index contributed by atoms with van der Waals surface area (Å²) in [5.41, 5.74) is 5.58. The lowest BCUT2D eigenvalue weighted by molar-refractivity contribution is 0.0526. The number of ether oxygens (including phenoxy) is 1. The maximum atomic E-state index is 12.8. The van der Waals surface area contributed by atoms with Crippen LogP contribution < -0.4 is 5.32 Å². The molecule has 3 aromatic rings. The van der Waals surface area contributed by atoms with E-state index in [1.165, 1.54) is 11.1 Å². The van der Waals surface area contributed by atoms with Crippen molar-refractivity contribution < 1.29 is 9.53 Å². The molecule has 0 saturated heterocycles. The molecule has 0 saturated carbocycles. The lowest BCUT2D eigenvalue weighted by Crippen LogP contribution is -2.16. The van der Waals surface area contributed by atoms with Crippen LogP contribution in [0.1, 0.15) is 46.3 Å². The van der Waals surface area contributed by atoms with Crippen LogP contribution in [0.4, 0.5) is 10.7 Å². The first-order valence-corrected chi connectivity index (χ1v) is 11.2. The number of anilines is 2. The van der Waals surface area contributed by atoms with Gasteiger partial charge in [-0.2, -0.15) is 0 Å². The largest absolute Gasteiger partial charge is 0.462 e. The molecular formula is C23H22BrNO2S. The van der Waals surface area contributed by atoms with Gasteiger partial charge < -0.3 is 10.1 Å². The highest BCUT2D eigenvalue weighted by atomic mass is 79.9. The summed E-state index contributed by atoms with van der Waals surface area (Å²) in [7, 11) is 0. The number of rotatable bonds is 5. The second-order valence-electron chi connectivity index (χ2n) is 6.96. The Bertz CT molecular complexity index is 981. The molecule has 1 unspecified atom stereocenters. The summed E-state index contributed by atoms with van der Waals surface area (Å²) in [6, 6.07) is 16.6. The standard InChI is InChI=1S/C23H22BrNO2S/c1-2-27-23(26)21-20(17-8-7-15-5-3-4-6-16(15)13-17)14-28-22(21)25-19-11-9-18(24)10-12-19/h3-6,9-12,14,17,25H,2,7-8,13H2,1H3. The zero-order chi connectivity index (χ0) is 19.5. The van der Waals surface area contributed by atoms with Gasteiger partial charge in [0, 0.05) is 10.2 Å². The maximum Gasteiger partial charge on any atom is 0.341 e. The lowest BCUT2D eigenvalue weighted by atomic mass is 9.80. The Kier molecular flexibility index (Phi) is 5.83. The van der Waals surface area contributed by atoms with E-state index in [1.54, 1.807) is 11.3 Å². The van der Waals surface area contributed by atoms with E-state index in [0.29, 0.717) is 18.1 Å². The third-order valence-corrected chi connectivity index (χ3v) is 6.63. The fourth-order valence-electron chi connectivity index (χ4n) is 3.81. The molecule has 144 valence electrons. The topological polar surface area (TPSA) is 38.3 Å². The SMILES string of the molecule is CCOC(=O)c1c(C2CCc3ccccc3C2)csc1Nc1ccc(Br)cc1. The van der Waals surface area contributed by atoms with Crippen molar-refractivity contribution in [3.63, 3.8) is 0 Å². The molecule has 1 atom stereocenters. The van der Waals surface area contributed by atoms with Crippen molar-refractivity contribution in [2.75, 3.05) is 11.9 Å². The molecule has 1 aromatic heterocycles. The fourth-order valence-corrected chi connectivity index (χ4v) is 5.12. The molecule has 0 fully saturated rings. The highest BCUT2D eigenvalue weighted by Gasteiger charge is 2.28. The zero-order valence-corrected chi connectivity index (χ0v) is 18.1. The summed E-state index contributed by atoms with van der Waals surface area (Å²) in [4.78, 5) is 12.8. The number of nitrogens with one attached hydrogen (secondary N) is 1. The Morgan fingerprint density at radius 3 is 2.68 bits per heavy atom. The van der Waals surface area contributed by atoms with Gasteiger partial charge in [-0.1, -0.05) is 40.2 Å². The average molecular weight is 456 g/mol. The zero-order valence-electron chi connectivity index (χ0n) is 15.7. The number of hydrogen-bond donors (Lipinski definition) is 1. The molecule has 0 radical (unpaired) electrons. The monoisotopic (exact) mass is 455 g/mol. The molecule has 0 aliphatic heterocycles. The lowest BCUT2D eigenvalue weighted by Gasteiger charge is -2.25. The van der Waals surface area contributed by atoms with Crippen LogP contribution in [0.2, 0.25) is 0 Å². The van der Waals surface area contributed by atoms with Crippen LogP contribution in [0.15, 0.2) is 58.4 Å². The van der Waals surface area contributed by atoms with Gasteiger partial charge in [0.1, 0.15) is 5.00 Å².